The van der Waals surface area contributed by atoms with Crippen molar-refractivity contribution >= 4 is 21.4 Å². The van der Waals surface area contributed by atoms with E-state index in [4.69, 9.17) is 0 Å². The minimum absolute atomic E-state index is 0.325. The first kappa shape index (κ1) is 10.4. The van der Waals surface area contributed by atoms with Crippen molar-refractivity contribution in [1.82, 2.24) is 0 Å². The van der Waals surface area contributed by atoms with Crippen molar-refractivity contribution < 1.29 is 5.11 Å². The Balaban J connectivity index is 2.31. The molecule has 84 valence electrons. The fourth-order valence-corrected chi connectivity index (χ4v) is 3.04. The molecule has 1 aromatic heterocycles. The number of aryl methyl sites for hydroxylation is 1. The van der Waals surface area contributed by atoms with Gasteiger partial charge in [-0.25, -0.2) is 0 Å². The number of phenolic OH excluding ortho intramolecular Hbond substituents is 1. The lowest BCUT2D eigenvalue weighted by Gasteiger charge is -2.04. The molecule has 2 aromatic carbocycles. The van der Waals surface area contributed by atoms with Crippen molar-refractivity contribution in [2.75, 3.05) is 0 Å². The zero-order valence-corrected chi connectivity index (χ0v) is 10.3. The summed E-state index contributed by atoms with van der Waals surface area (Å²) in [7, 11) is 0. The number of rotatable bonds is 1. The van der Waals surface area contributed by atoms with Crippen LogP contribution in [-0.2, 0) is 0 Å². The van der Waals surface area contributed by atoms with E-state index in [0.29, 0.717) is 5.75 Å². The number of thiophene rings is 1. The summed E-state index contributed by atoms with van der Waals surface area (Å²) in [6.07, 6.45) is 0. The first-order valence-electron chi connectivity index (χ1n) is 5.52. The highest BCUT2D eigenvalue weighted by atomic mass is 32.1. The number of benzene rings is 2. The Bertz CT molecular complexity index is 682. The van der Waals surface area contributed by atoms with E-state index < -0.39 is 0 Å². The van der Waals surface area contributed by atoms with Crippen LogP contribution in [0.4, 0.5) is 0 Å². The van der Waals surface area contributed by atoms with E-state index >= 15 is 0 Å². The van der Waals surface area contributed by atoms with E-state index in [1.165, 1.54) is 21.4 Å². The third-order valence-electron chi connectivity index (χ3n) is 2.99. The van der Waals surface area contributed by atoms with Crippen LogP contribution in [0.1, 0.15) is 5.56 Å². The average molecular weight is 240 g/mol. The lowest BCUT2D eigenvalue weighted by Crippen LogP contribution is -1.80. The van der Waals surface area contributed by atoms with Crippen molar-refractivity contribution in [3.63, 3.8) is 0 Å². The van der Waals surface area contributed by atoms with E-state index in [1.807, 2.05) is 18.2 Å². The predicted molar refractivity (Wildman–Crippen MR) is 73.7 cm³/mol. The summed E-state index contributed by atoms with van der Waals surface area (Å²) >= 11 is 1.72. The first-order chi connectivity index (χ1) is 8.25. The van der Waals surface area contributed by atoms with Gasteiger partial charge >= 0.3 is 0 Å². The molecule has 1 heterocycles. The molecule has 0 radical (unpaired) electrons. The molecule has 0 aliphatic heterocycles. The highest BCUT2D eigenvalue weighted by Crippen LogP contribution is 2.36. The summed E-state index contributed by atoms with van der Waals surface area (Å²) in [6, 6.07) is 13.9. The Kier molecular flexibility index (Phi) is 2.37. The van der Waals surface area contributed by atoms with Crippen molar-refractivity contribution in [1.29, 1.82) is 0 Å². The Morgan fingerprint density at radius 3 is 2.65 bits per heavy atom. The summed E-state index contributed by atoms with van der Waals surface area (Å²) in [5, 5.41) is 12.9. The van der Waals surface area contributed by atoms with Gasteiger partial charge < -0.3 is 5.11 Å². The summed E-state index contributed by atoms with van der Waals surface area (Å²) in [4.78, 5) is 0. The Morgan fingerprint density at radius 1 is 1.00 bits per heavy atom. The Hall–Kier alpha value is -1.80. The number of fused-ring (bicyclic) bond motifs is 1. The molecule has 0 bridgehead atoms. The molecule has 0 amide bonds. The Labute approximate surface area is 104 Å². The highest BCUT2D eigenvalue weighted by Gasteiger charge is 2.08. The zero-order chi connectivity index (χ0) is 11.8. The van der Waals surface area contributed by atoms with Crippen molar-refractivity contribution in [3.8, 4) is 16.9 Å². The van der Waals surface area contributed by atoms with Crippen LogP contribution in [-0.4, -0.2) is 5.11 Å². The SMILES string of the molecule is Cc1ccccc1-c1csc2ccc(O)cc12. The summed E-state index contributed by atoms with van der Waals surface area (Å²) in [6.45, 7) is 2.11. The molecule has 0 unspecified atom stereocenters. The van der Waals surface area contributed by atoms with Gasteiger partial charge in [-0.15, -0.1) is 11.3 Å². The molecule has 0 aliphatic carbocycles. The molecule has 0 fully saturated rings. The molecule has 3 rings (SSSR count). The van der Waals surface area contributed by atoms with Gasteiger partial charge in [-0.2, -0.15) is 0 Å². The van der Waals surface area contributed by atoms with E-state index in [0.717, 1.165) is 5.39 Å². The van der Waals surface area contributed by atoms with Crippen LogP contribution >= 0.6 is 11.3 Å². The smallest absolute Gasteiger partial charge is 0.116 e. The van der Waals surface area contributed by atoms with Crippen LogP contribution in [0.3, 0.4) is 0 Å². The van der Waals surface area contributed by atoms with E-state index in [1.54, 1.807) is 17.4 Å². The summed E-state index contributed by atoms with van der Waals surface area (Å²) in [5.74, 6) is 0.325. The van der Waals surface area contributed by atoms with Crippen molar-refractivity contribution in [2.24, 2.45) is 0 Å². The topological polar surface area (TPSA) is 20.2 Å². The molecular weight excluding hydrogens is 228 g/mol. The first-order valence-corrected chi connectivity index (χ1v) is 6.40. The Morgan fingerprint density at radius 2 is 1.82 bits per heavy atom. The second-order valence-electron chi connectivity index (χ2n) is 4.14. The highest BCUT2D eigenvalue weighted by molar-refractivity contribution is 7.17. The minimum Gasteiger partial charge on any atom is -0.508 e. The summed E-state index contributed by atoms with van der Waals surface area (Å²) < 4.78 is 1.21. The van der Waals surface area contributed by atoms with Gasteiger partial charge in [0, 0.05) is 15.6 Å². The molecule has 17 heavy (non-hydrogen) atoms. The normalized spacial score (nSPS) is 10.9. The number of phenols is 1. The number of hydrogen-bond donors (Lipinski definition) is 1. The van der Waals surface area contributed by atoms with Crippen LogP contribution in [0.15, 0.2) is 47.8 Å². The standard InChI is InChI=1S/C15H12OS/c1-10-4-2-3-5-12(10)14-9-17-15-7-6-11(16)8-13(14)15/h2-9,16H,1H3. The monoisotopic (exact) mass is 240 g/mol. The number of aromatic hydroxyl groups is 1. The average Bonchev–Trinajstić information content (AvgIpc) is 2.72. The maximum Gasteiger partial charge on any atom is 0.116 e. The molecule has 3 aromatic rings. The van der Waals surface area contributed by atoms with Crippen LogP contribution in [0, 0.1) is 6.92 Å². The van der Waals surface area contributed by atoms with Gasteiger partial charge in [0.25, 0.3) is 0 Å². The van der Waals surface area contributed by atoms with E-state index in [2.05, 4.69) is 30.5 Å². The quantitative estimate of drug-likeness (QED) is 0.660. The van der Waals surface area contributed by atoms with Gasteiger partial charge in [-0.3, -0.25) is 0 Å². The minimum atomic E-state index is 0.325. The van der Waals surface area contributed by atoms with Gasteiger partial charge in [-0.1, -0.05) is 24.3 Å². The van der Waals surface area contributed by atoms with Gasteiger partial charge in [0.05, 0.1) is 0 Å². The lowest BCUT2D eigenvalue weighted by molar-refractivity contribution is 0.476. The van der Waals surface area contributed by atoms with Crippen LogP contribution < -0.4 is 0 Å². The third-order valence-corrected chi connectivity index (χ3v) is 3.96. The van der Waals surface area contributed by atoms with Gasteiger partial charge in [0.2, 0.25) is 0 Å². The van der Waals surface area contributed by atoms with Crippen molar-refractivity contribution in [2.45, 2.75) is 6.92 Å². The maximum atomic E-state index is 9.59. The van der Waals surface area contributed by atoms with Crippen LogP contribution in [0.25, 0.3) is 21.2 Å². The second-order valence-corrected chi connectivity index (χ2v) is 5.06. The molecular formula is C15H12OS. The third kappa shape index (κ3) is 1.71. The molecule has 0 aliphatic rings. The molecule has 1 N–H and O–H groups in total. The lowest BCUT2D eigenvalue weighted by atomic mass is 10.0. The second kappa shape index (κ2) is 3.90. The predicted octanol–water partition coefficient (Wildman–Crippen LogP) is 4.58. The molecule has 1 nitrogen and oxygen atoms in total. The van der Waals surface area contributed by atoms with Crippen molar-refractivity contribution in [3.05, 3.63) is 53.4 Å². The van der Waals surface area contributed by atoms with Crippen LogP contribution in [0.2, 0.25) is 0 Å². The fourth-order valence-electron chi connectivity index (χ4n) is 2.10. The fraction of sp³-hybridized carbons (Fsp3) is 0.0667. The van der Waals surface area contributed by atoms with Crippen LogP contribution in [0.5, 0.6) is 5.75 Å². The van der Waals surface area contributed by atoms with Gasteiger partial charge in [0.1, 0.15) is 5.75 Å². The molecule has 0 spiro atoms. The molecule has 0 atom stereocenters. The molecule has 0 saturated heterocycles. The summed E-state index contributed by atoms with van der Waals surface area (Å²) in [5.41, 5.74) is 3.71. The van der Waals surface area contributed by atoms with E-state index in [-0.39, 0.29) is 0 Å². The van der Waals surface area contributed by atoms with Gasteiger partial charge in [0.15, 0.2) is 0 Å². The largest absolute Gasteiger partial charge is 0.508 e. The maximum absolute atomic E-state index is 9.59. The van der Waals surface area contributed by atoms with Gasteiger partial charge in [-0.05, 0) is 41.6 Å². The number of hydrogen-bond acceptors (Lipinski definition) is 2. The zero-order valence-electron chi connectivity index (χ0n) is 9.47. The molecule has 2 heteroatoms. The van der Waals surface area contributed by atoms with E-state index in [9.17, 15) is 5.11 Å². The molecule has 0 saturated carbocycles.